The molecule has 2 bridgehead atoms. The quantitative estimate of drug-likeness (QED) is 0.589. The van der Waals surface area contributed by atoms with Crippen LogP contribution in [0.2, 0.25) is 0 Å². The average Bonchev–Trinajstić information content (AvgIpc) is 1.94. The maximum atomic E-state index is 10.2. The first kappa shape index (κ1) is 10.0. The molecule has 3 fully saturated rings. The lowest BCUT2D eigenvalue weighted by Crippen LogP contribution is -2.66. The second-order valence-electron chi connectivity index (χ2n) is 5.03. The van der Waals surface area contributed by atoms with Crippen molar-refractivity contribution in [1.82, 2.24) is 0 Å². The Morgan fingerprint density at radius 1 is 1.25 bits per heavy atom. The zero-order valence-corrected chi connectivity index (χ0v) is 8.22. The molecule has 0 radical (unpaired) electrons. The largest absolute Gasteiger partial charge is 0.412 e. The van der Waals surface area contributed by atoms with E-state index in [-0.39, 0.29) is 16.5 Å². The predicted octanol–water partition coefficient (Wildman–Crippen LogP) is 1.37. The molecule has 3 atom stereocenters. The van der Waals surface area contributed by atoms with Crippen LogP contribution in [0, 0.1) is 17.3 Å². The Hall–Kier alpha value is -0.0800. The van der Waals surface area contributed by atoms with E-state index in [1.807, 2.05) is 0 Å². The fraction of sp³-hybridized carbons (Fsp3) is 1.00. The normalized spacial score (nSPS) is 49.0. The van der Waals surface area contributed by atoms with Gasteiger partial charge in [0.1, 0.15) is 0 Å². The van der Waals surface area contributed by atoms with Gasteiger partial charge in [-0.2, -0.15) is 0 Å². The number of hydrogen-bond donors (Lipinski definition) is 1. The van der Waals surface area contributed by atoms with E-state index in [0.29, 0.717) is 5.92 Å². The van der Waals surface area contributed by atoms with Gasteiger partial charge in [0.25, 0.3) is 0 Å². The van der Waals surface area contributed by atoms with Crippen LogP contribution in [-0.4, -0.2) is 16.2 Å². The molecule has 0 aliphatic heterocycles. The second-order valence-corrected chi connectivity index (χ2v) is 5.03. The number of aliphatic hydroxyl groups is 1. The van der Waals surface area contributed by atoms with Gasteiger partial charge in [-0.1, -0.05) is 20.8 Å². The summed E-state index contributed by atoms with van der Waals surface area (Å²) in [6.07, 6.45) is 3.61. The van der Waals surface area contributed by atoms with E-state index in [9.17, 15) is 5.11 Å². The topological polar surface area (TPSA) is 51.7 Å². The van der Waals surface area contributed by atoms with Gasteiger partial charge in [-0.05, 0) is 36.5 Å². The fourth-order valence-corrected chi connectivity index (χ4v) is 3.11. The van der Waals surface area contributed by atoms with Crippen molar-refractivity contribution < 1.29 is 10.6 Å². The van der Waals surface area contributed by atoms with Gasteiger partial charge in [-0.25, -0.2) is 0 Å². The lowest BCUT2D eigenvalue weighted by Gasteiger charge is -2.65. The van der Waals surface area contributed by atoms with Crippen molar-refractivity contribution in [2.24, 2.45) is 17.3 Å². The Balaban J connectivity index is 0.000000720. The van der Waals surface area contributed by atoms with Crippen LogP contribution in [0.15, 0.2) is 0 Å². The Labute approximate surface area is 74.3 Å². The molecule has 0 amide bonds. The fourth-order valence-electron chi connectivity index (χ4n) is 3.11. The van der Waals surface area contributed by atoms with Crippen molar-refractivity contribution in [2.75, 3.05) is 0 Å². The average molecular weight is 172 g/mol. The highest BCUT2D eigenvalue weighted by molar-refractivity contribution is 5.13. The lowest BCUT2D eigenvalue weighted by molar-refractivity contribution is -0.251. The van der Waals surface area contributed by atoms with Crippen molar-refractivity contribution in [3.63, 3.8) is 0 Å². The molecule has 0 heterocycles. The van der Waals surface area contributed by atoms with E-state index in [1.165, 1.54) is 12.8 Å². The molecule has 3 saturated carbocycles. The van der Waals surface area contributed by atoms with Gasteiger partial charge in [0, 0.05) is 0 Å². The summed E-state index contributed by atoms with van der Waals surface area (Å²) >= 11 is 0. The van der Waals surface area contributed by atoms with Crippen molar-refractivity contribution in [3.05, 3.63) is 0 Å². The van der Waals surface area contributed by atoms with Crippen molar-refractivity contribution in [1.29, 1.82) is 0 Å². The van der Waals surface area contributed by atoms with Gasteiger partial charge in [0.2, 0.25) is 0 Å². The van der Waals surface area contributed by atoms with Crippen LogP contribution in [-0.2, 0) is 0 Å². The molecule has 72 valence electrons. The molecule has 0 aromatic carbocycles. The Kier molecular flexibility index (Phi) is 2.05. The minimum atomic E-state index is -0.323. The maximum Gasteiger partial charge on any atom is 0.0729 e. The summed E-state index contributed by atoms with van der Waals surface area (Å²) in [6.45, 7) is 6.63. The summed E-state index contributed by atoms with van der Waals surface area (Å²) < 4.78 is 0. The summed E-state index contributed by atoms with van der Waals surface area (Å²) in [5.41, 5.74) is -0.124. The molecule has 2 heteroatoms. The first-order valence-corrected chi connectivity index (χ1v) is 4.71. The molecule has 0 aromatic rings. The Morgan fingerprint density at radius 3 is 2.17 bits per heavy atom. The number of fused-ring (bicyclic) bond motifs is 2. The zero-order valence-electron chi connectivity index (χ0n) is 8.22. The van der Waals surface area contributed by atoms with Crippen LogP contribution in [0.5, 0.6) is 0 Å². The molecular formula is C10H20O2. The van der Waals surface area contributed by atoms with Crippen LogP contribution in [0.1, 0.15) is 40.0 Å². The molecule has 0 spiro atoms. The highest BCUT2D eigenvalue weighted by Gasteiger charge is 2.63. The maximum absolute atomic E-state index is 10.2. The van der Waals surface area contributed by atoms with Crippen molar-refractivity contribution >= 4 is 0 Å². The second kappa shape index (κ2) is 2.46. The van der Waals surface area contributed by atoms with E-state index in [1.54, 1.807) is 0 Å². The molecule has 3 N–H and O–H groups in total. The molecule has 0 aromatic heterocycles. The third-order valence-electron chi connectivity index (χ3n) is 4.46. The molecule has 2 nitrogen and oxygen atoms in total. The molecule has 3 aliphatic carbocycles. The highest BCUT2D eigenvalue weighted by Crippen LogP contribution is 2.63. The van der Waals surface area contributed by atoms with Crippen molar-refractivity contribution in [2.45, 2.75) is 45.6 Å². The highest BCUT2D eigenvalue weighted by atomic mass is 16.3. The van der Waals surface area contributed by atoms with Crippen LogP contribution in [0.3, 0.4) is 0 Å². The molecule has 3 unspecified atom stereocenters. The third kappa shape index (κ3) is 0.826. The van der Waals surface area contributed by atoms with Gasteiger partial charge >= 0.3 is 0 Å². The lowest BCUT2D eigenvalue weighted by atomic mass is 9.43. The van der Waals surface area contributed by atoms with Crippen LogP contribution in [0.4, 0.5) is 0 Å². The molecular weight excluding hydrogens is 152 g/mol. The number of hydrogen-bond acceptors (Lipinski definition) is 1. The van der Waals surface area contributed by atoms with E-state index >= 15 is 0 Å². The predicted molar refractivity (Wildman–Crippen MR) is 48.8 cm³/mol. The van der Waals surface area contributed by atoms with Crippen LogP contribution < -0.4 is 0 Å². The summed E-state index contributed by atoms with van der Waals surface area (Å²) in [5, 5.41) is 10.2. The Bertz CT molecular complexity index is 188. The third-order valence-corrected chi connectivity index (χ3v) is 4.46. The van der Waals surface area contributed by atoms with Gasteiger partial charge in [0.15, 0.2) is 0 Å². The monoisotopic (exact) mass is 172 g/mol. The molecule has 3 aliphatic rings. The van der Waals surface area contributed by atoms with Gasteiger partial charge in [0.05, 0.1) is 5.60 Å². The molecule has 12 heavy (non-hydrogen) atoms. The molecule has 3 rings (SSSR count). The van der Waals surface area contributed by atoms with E-state index in [0.717, 1.165) is 12.3 Å². The first-order chi connectivity index (χ1) is 4.98. The first-order valence-electron chi connectivity index (χ1n) is 4.71. The standard InChI is InChI=1S/C10H18O.H2O/c1-7-4-5-8-6-10(7,11)9(8,2)3;/h7-8,11H,4-6H2,1-3H3;1H2. The minimum absolute atomic E-state index is 0. The summed E-state index contributed by atoms with van der Waals surface area (Å²) in [4.78, 5) is 0. The smallest absolute Gasteiger partial charge is 0.0729 e. The summed E-state index contributed by atoms with van der Waals surface area (Å²) in [5.74, 6) is 1.31. The Morgan fingerprint density at radius 2 is 1.83 bits per heavy atom. The number of rotatable bonds is 0. The van der Waals surface area contributed by atoms with E-state index in [2.05, 4.69) is 20.8 Å². The van der Waals surface area contributed by atoms with Gasteiger partial charge in [-0.15, -0.1) is 0 Å². The minimum Gasteiger partial charge on any atom is -0.412 e. The van der Waals surface area contributed by atoms with Crippen LogP contribution >= 0.6 is 0 Å². The molecule has 0 saturated heterocycles. The van der Waals surface area contributed by atoms with E-state index < -0.39 is 0 Å². The van der Waals surface area contributed by atoms with Crippen LogP contribution in [0.25, 0.3) is 0 Å². The summed E-state index contributed by atoms with van der Waals surface area (Å²) in [6, 6.07) is 0. The van der Waals surface area contributed by atoms with E-state index in [4.69, 9.17) is 0 Å². The summed E-state index contributed by atoms with van der Waals surface area (Å²) in [7, 11) is 0. The van der Waals surface area contributed by atoms with Crippen molar-refractivity contribution in [3.8, 4) is 0 Å². The van der Waals surface area contributed by atoms with Gasteiger partial charge < -0.3 is 10.6 Å². The zero-order chi connectivity index (χ0) is 8.28. The van der Waals surface area contributed by atoms with Gasteiger partial charge in [-0.3, -0.25) is 0 Å². The SMILES string of the molecule is CC1CCC2CC1(O)C2(C)C.O.